The van der Waals surface area contributed by atoms with Crippen molar-refractivity contribution >= 4 is 11.9 Å². The molecule has 1 aliphatic heterocycles. The van der Waals surface area contributed by atoms with Crippen molar-refractivity contribution < 1.29 is 24.5 Å². The van der Waals surface area contributed by atoms with E-state index in [-0.39, 0.29) is 19.6 Å². The Morgan fingerprint density at radius 2 is 2.10 bits per heavy atom. The molecule has 0 bridgehead atoms. The van der Waals surface area contributed by atoms with Gasteiger partial charge < -0.3 is 19.8 Å². The van der Waals surface area contributed by atoms with E-state index in [2.05, 4.69) is 0 Å². The average Bonchev–Trinajstić information content (AvgIpc) is 2.80. The van der Waals surface area contributed by atoms with E-state index in [0.717, 1.165) is 16.0 Å². The Kier molecular flexibility index (Phi) is 4.47. The largest absolute Gasteiger partial charge is 0.483 e. The van der Waals surface area contributed by atoms with Crippen LogP contribution in [0.5, 0.6) is 5.75 Å². The number of hydrogen-bond acceptors (Lipinski definition) is 4. The predicted octanol–water partition coefficient (Wildman–Crippen LogP) is 0.729. The van der Waals surface area contributed by atoms with Gasteiger partial charge in [0.2, 0.25) is 0 Å². The predicted molar refractivity (Wildman–Crippen MR) is 75.2 cm³/mol. The van der Waals surface area contributed by atoms with Crippen LogP contribution in [0.25, 0.3) is 0 Å². The van der Waals surface area contributed by atoms with E-state index in [4.69, 9.17) is 9.84 Å². The van der Waals surface area contributed by atoms with E-state index < -0.39 is 24.0 Å². The quantitative estimate of drug-likeness (QED) is 0.854. The number of ether oxygens (including phenoxy) is 1. The second kappa shape index (κ2) is 6.13. The zero-order valence-electron chi connectivity index (χ0n) is 12.1. The molecule has 0 radical (unpaired) electrons. The van der Waals surface area contributed by atoms with Crippen molar-refractivity contribution in [2.75, 3.05) is 13.2 Å². The van der Waals surface area contributed by atoms with Gasteiger partial charge in [-0.1, -0.05) is 17.7 Å². The van der Waals surface area contributed by atoms with Gasteiger partial charge in [-0.15, -0.1) is 0 Å². The van der Waals surface area contributed by atoms with Gasteiger partial charge in [0.1, 0.15) is 11.8 Å². The fraction of sp³-hybridized carbons (Fsp3) is 0.467. The lowest BCUT2D eigenvalue weighted by molar-refractivity contribution is -0.149. The summed E-state index contributed by atoms with van der Waals surface area (Å²) in [7, 11) is 0. The highest BCUT2D eigenvalue weighted by Gasteiger charge is 2.38. The molecule has 1 aromatic rings. The smallest absolute Gasteiger partial charge is 0.326 e. The molecular formula is C15H19NO5. The van der Waals surface area contributed by atoms with Crippen molar-refractivity contribution in [3.05, 3.63) is 29.3 Å². The number of nitrogens with zero attached hydrogens (tertiary/aromatic N) is 1. The van der Waals surface area contributed by atoms with Crippen molar-refractivity contribution in [2.24, 2.45) is 0 Å². The van der Waals surface area contributed by atoms with Crippen LogP contribution in [-0.2, 0) is 9.59 Å². The van der Waals surface area contributed by atoms with E-state index in [1.54, 1.807) is 6.07 Å². The zero-order valence-corrected chi connectivity index (χ0v) is 12.1. The van der Waals surface area contributed by atoms with Crippen LogP contribution in [-0.4, -0.2) is 52.3 Å². The number of aliphatic hydroxyl groups excluding tert-OH is 1. The molecule has 2 rings (SSSR count). The van der Waals surface area contributed by atoms with Gasteiger partial charge in [0.25, 0.3) is 5.91 Å². The monoisotopic (exact) mass is 293 g/mol. The van der Waals surface area contributed by atoms with Crippen molar-refractivity contribution in [1.29, 1.82) is 0 Å². The van der Waals surface area contributed by atoms with E-state index in [9.17, 15) is 14.7 Å². The molecule has 6 heteroatoms. The highest BCUT2D eigenvalue weighted by molar-refractivity contribution is 5.85. The minimum absolute atomic E-state index is 0.0338. The Balaban J connectivity index is 1.99. The number of carbonyl (C=O) groups excluding carboxylic acids is 1. The molecule has 1 heterocycles. The van der Waals surface area contributed by atoms with Crippen LogP contribution < -0.4 is 4.74 Å². The Labute approximate surface area is 122 Å². The normalized spacial score (nSPS) is 21.4. The maximum absolute atomic E-state index is 12.1. The molecule has 1 aliphatic rings. The summed E-state index contributed by atoms with van der Waals surface area (Å²) >= 11 is 0. The van der Waals surface area contributed by atoms with Crippen LogP contribution in [0.4, 0.5) is 0 Å². The molecule has 21 heavy (non-hydrogen) atoms. The molecular weight excluding hydrogens is 274 g/mol. The van der Waals surface area contributed by atoms with Crippen LogP contribution in [0.15, 0.2) is 18.2 Å². The van der Waals surface area contributed by atoms with Gasteiger partial charge in [-0.05, 0) is 25.5 Å². The standard InChI is InChI=1S/C15H19NO5/c1-9-3-4-13(10(2)5-9)21-8-14(18)16-7-11(17)6-12(16)15(19)20/h3-5,11-12,17H,6-8H2,1-2H3,(H,19,20)/t11-,12-/m0/s1. The number of rotatable bonds is 4. The first-order valence-corrected chi connectivity index (χ1v) is 6.79. The van der Waals surface area contributed by atoms with Crippen molar-refractivity contribution in [2.45, 2.75) is 32.4 Å². The molecule has 0 unspecified atom stereocenters. The number of carbonyl (C=O) groups is 2. The number of hydrogen-bond donors (Lipinski definition) is 2. The second-order valence-corrected chi connectivity index (χ2v) is 5.35. The number of carboxylic acids is 1. The Morgan fingerprint density at radius 1 is 1.38 bits per heavy atom. The van der Waals surface area contributed by atoms with E-state index in [1.807, 2.05) is 26.0 Å². The van der Waals surface area contributed by atoms with Gasteiger partial charge in [0, 0.05) is 13.0 Å². The van der Waals surface area contributed by atoms with Gasteiger partial charge in [-0.2, -0.15) is 0 Å². The average molecular weight is 293 g/mol. The molecule has 0 aromatic heterocycles. The Morgan fingerprint density at radius 3 is 2.71 bits per heavy atom. The summed E-state index contributed by atoms with van der Waals surface area (Å²) in [6.07, 6.45) is -0.735. The van der Waals surface area contributed by atoms with Crippen molar-refractivity contribution in [3.8, 4) is 5.75 Å². The highest BCUT2D eigenvalue weighted by Crippen LogP contribution is 2.21. The van der Waals surface area contributed by atoms with Crippen molar-refractivity contribution in [1.82, 2.24) is 4.90 Å². The maximum Gasteiger partial charge on any atom is 0.326 e. The van der Waals surface area contributed by atoms with Gasteiger partial charge >= 0.3 is 5.97 Å². The minimum atomic E-state index is -1.11. The highest BCUT2D eigenvalue weighted by atomic mass is 16.5. The molecule has 2 atom stereocenters. The van der Waals surface area contributed by atoms with E-state index >= 15 is 0 Å². The van der Waals surface area contributed by atoms with Crippen LogP contribution >= 0.6 is 0 Å². The van der Waals surface area contributed by atoms with Crippen molar-refractivity contribution in [3.63, 3.8) is 0 Å². The topological polar surface area (TPSA) is 87.1 Å². The molecule has 2 N–H and O–H groups in total. The lowest BCUT2D eigenvalue weighted by atomic mass is 10.1. The third-order valence-corrected chi connectivity index (χ3v) is 3.57. The Hall–Kier alpha value is -2.08. The van der Waals surface area contributed by atoms with Gasteiger partial charge in [-0.25, -0.2) is 4.79 Å². The van der Waals surface area contributed by atoms with Crippen LogP contribution in [0.1, 0.15) is 17.5 Å². The summed E-state index contributed by atoms with van der Waals surface area (Å²) < 4.78 is 5.46. The number of carboxylic acid groups (broad SMARTS) is 1. The minimum Gasteiger partial charge on any atom is -0.483 e. The van der Waals surface area contributed by atoms with Gasteiger partial charge in [-0.3, -0.25) is 4.79 Å². The fourth-order valence-electron chi connectivity index (χ4n) is 2.51. The molecule has 1 saturated heterocycles. The van der Waals surface area contributed by atoms with Gasteiger partial charge in [0.05, 0.1) is 6.10 Å². The van der Waals surface area contributed by atoms with Gasteiger partial charge in [0.15, 0.2) is 6.61 Å². The molecule has 1 fully saturated rings. The van der Waals surface area contributed by atoms with Crippen LogP contribution in [0, 0.1) is 13.8 Å². The molecule has 6 nitrogen and oxygen atoms in total. The Bertz CT molecular complexity index is 557. The molecule has 1 amide bonds. The number of aliphatic carboxylic acids is 1. The third-order valence-electron chi connectivity index (χ3n) is 3.57. The number of likely N-dealkylation sites (tertiary alicyclic amines) is 1. The van der Waals surface area contributed by atoms with Crippen LogP contribution in [0.2, 0.25) is 0 Å². The second-order valence-electron chi connectivity index (χ2n) is 5.35. The third kappa shape index (κ3) is 3.52. The molecule has 1 aromatic carbocycles. The number of amides is 1. The molecule has 0 spiro atoms. The summed E-state index contributed by atoms with van der Waals surface area (Å²) in [5, 5.41) is 18.6. The summed E-state index contributed by atoms with van der Waals surface area (Å²) in [5.41, 5.74) is 2.01. The summed E-state index contributed by atoms with van der Waals surface area (Å²) in [4.78, 5) is 24.3. The summed E-state index contributed by atoms with van der Waals surface area (Å²) in [6.45, 7) is 3.64. The SMILES string of the molecule is Cc1ccc(OCC(=O)N2C[C@@H](O)C[C@H]2C(=O)O)c(C)c1. The first-order chi connectivity index (χ1) is 9.88. The maximum atomic E-state index is 12.1. The number of benzene rings is 1. The fourth-order valence-corrected chi connectivity index (χ4v) is 2.51. The number of aryl methyl sites for hydroxylation is 2. The molecule has 0 aliphatic carbocycles. The first kappa shape index (κ1) is 15.3. The lowest BCUT2D eigenvalue weighted by Gasteiger charge is -2.21. The lowest BCUT2D eigenvalue weighted by Crippen LogP contribution is -2.43. The number of β-amino-alcohol motifs (C(OH)–C–C–N with tert-alkyl or cyclic N) is 1. The molecule has 0 saturated carbocycles. The number of aliphatic hydroxyl groups is 1. The van der Waals surface area contributed by atoms with E-state index in [0.29, 0.717) is 5.75 Å². The first-order valence-electron chi connectivity index (χ1n) is 6.79. The zero-order chi connectivity index (χ0) is 15.6. The molecule has 114 valence electrons. The summed E-state index contributed by atoms with van der Waals surface area (Å²) in [6, 6.07) is 4.63. The summed E-state index contributed by atoms with van der Waals surface area (Å²) in [5.74, 6) is -0.939. The van der Waals surface area contributed by atoms with Crippen LogP contribution in [0.3, 0.4) is 0 Å². The van der Waals surface area contributed by atoms with E-state index in [1.165, 1.54) is 0 Å².